The van der Waals surface area contributed by atoms with Crippen molar-refractivity contribution in [2.24, 2.45) is 0 Å². The molecule has 1 aromatic carbocycles. The Hall–Kier alpha value is -1.48. The molecule has 2 N–H and O–H groups in total. The third-order valence-corrected chi connectivity index (χ3v) is 5.03. The summed E-state index contributed by atoms with van der Waals surface area (Å²) in [4.78, 5) is -0.217. The summed E-state index contributed by atoms with van der Waals surface area (Å²) >= 11 is 1.41. The van der Waals surface area contributed by atoms with Crippen LogP contribution in [0.15, 0.2) is 39.9 Å². The molecule has 0 saturated carbocycles. The molecule has 0 bridgehead atoms. The van der Waals surface area contributed by atoms with E-state index in [1.165, 1.54) is 23.5 Å². The third-order valence-electron chi connectivity index (χ3n) is 2.91. The Morgan fingerprint density at radius 1 is 1.41 bits per heavy atom. The van der Waals surface area contributed by atoms with Crippen molar-refractivity contribution in [2.45, 2.75) is 17.9 Å². The van der Waals surface area contributed by atoms with E-state index in [9.17, 15) is 17.9 Å². The van der Waals surface area contributed by atoms with Gasteiger partial charge in [0, 0.05) is 6.54 Å². The lowest BCUT2D eigenvalue weighted by Crippen LogP contribution is -2.28. The van der Waals surface area contributed by atoms with Crippen LogP contribution < -0.4 is 9.46 Å². The van der Waals surface area contributed by atoms with E-state index in [1.807, 2.05) is 0 Å². The summed E-state index contributed by atoms with van der Waals surface area (Å²) in [6.45, 7) is 1.81. The van der Waals surface area contributed by atoms with Crippen molar-refractivity contribution in [1.82, 2.24) is 4.72 Å². The number of aliphatic hydroxyl groups excluding tert-OH is 1. The quantitative estimate of drug-likeness (QED) is 0.807. The summed E-state index contributed by atoms with van der Waals surface area (Å²) in [7, 11) is -3.90. The molecule has 0 aliphatic carbocycles. The standard InChI is InChI=1S/C14H16FNO4S2/c1-2-20-14-4-3-11(7-12(14)15)22(18,19)16-8-13(17)10-5-6-21-9-10/h3-7,9,13,16-17H,2,8H2,1H3/t13-/m1/s1. The highest BCUT2D eigenvalue weighted by atomic mass is 32.2. The zero-order valence-corrected chi connectivity index (χ0v) is 13.5. The minimum Gasteiger partial charge on any atom is -0.491 e. The van der Waals surface area contributed by atoms with Crippen LogP contribution in [0.4, 0.5) is 4.39 Å². The van der Waals surface area contributed by atoms with E-state index >= 15 is 0 Å². The Balaban J connectivity index is 2.08. The molecule has 5 nitrogen and oxygen atoms in total. The van der Waals surface area contributed by atoms with Gasteiger partial charge in [-0.25, -0.2) is 17.5 Å². The maximum Gasteiger partial charge on any atom is 0.240 e. The number of aliphatic hydroxyl groups is 1. The van der Waals surface area contributed by atoms with Crippen LogP contribution in [0.3, 0.4) is 0 Å². The fraction of sp³-hybridized carbons (Fsp3) is 0.286. The van der Waals surface area contributed by atoms with Gasteiger partial charge in [0.05, 0.1) is 17.6 Å². The molecule has 0 fully saturated rings. The lowest BCUT2D eigenvalue weighted by Gasteiger charge is -2.12. The second-order valence-electron chi connectivity index (χ2n) is 4.45. The number of benzene rings is 1. The zero-order chi connectivity index (χ0) is 16.2. The van der Waals surface area contributed by atoms with Crippen molar-refractivity contribution >= 4 is 21.4 Å². The minimum atomic E-state index is -3.90. The summed E-state index contributed by atoms with van der Waals surface area (Å²) in [6, 6.07) is 5.13. The van der Waals surface area contributed by atoms with Crippen LogP contribution in [0.5, 0.6) is 5.75 Å². The molecule has 1 aromatic heterocycles. The van der Waals surface area contributed by atoms with Crippen LogP contribution in [0.2, 0.25) is 0 Å². The second kappa shape index (κ2) is 7.19. The number of nitrogens with one attached hydrogen (secondary N) is 1. The number of rotatable bonds is 7. The normalized spacial score (nSPS) is 13.0. The van der Waals surface area contributed by atoms with E-state index in [2.05, 4.69) is 4.72 Å². The summed E-state index contributed by atoms with van der Waals surface area (Å²) in [5.74, 6) is -0.747. The molecule has 2 rings (SSSR count). The molecule has 1 atom stereocenters. The van der Waals surface area contributed by atoms with Crippen molar-refractivity contribution in [2.75, 3.05) is 13.2 Å². The Morgan fingerprint density at radius 3 is 2.77 bits per heavy atom. The van der Waals surface area contributed by atoms with E-state index in [1.54, 1.807) is 23.8 Å². The Bertz CT molecular complexity index is 716. The van der Waals surface area contributed by atoms with Crippen molar-refractivity contribution in [3.8, 4) is 5.75 Å². The first-order chi connectivity index (χ1) is 10.4. The van der Waals surface area contributed by atoms with Gasteiger partial charge in [-0.3, -0.25) is 0 Å². The smallest absolute Gasteiger partial charge is 0.240 e. The molecular weight excluding hydrogens is 329 g/mol. The van der Waals surface area contributed by atoms with E-state index in [0.717, 1.165) is 6.07 Å². The van der Waals surface area contributed by atoms with Crippen LogP contribution in [0.1, 0.15) is 18.6 Å². The van der Waals surface area contributed by atoms with Gasteiger partial charge in [-0.1, -0.05) is 0 Å². The Kier molecular flexibility index (Phi) is 5.52. The number of ether oxygens (including phenoxy) is 1. The molecule has 0 amide bonds. The van der Waals surface area contributed by atoms with Gasteiger partial charge in [-0.15, -0.1) is 0 Å². The van der Waals surface area contributed by atoms with Crippen LogP contribution in [-0.2, 0) is 10.0 Å². The number of halogens is 1. The third kappa shape index (κ3) is 4.04. The molecule has 0 aliphatic heterocycles. The van der Waals surface area contributed by atoms with E-state index in [0.29, 0.717) is 5.56 Å². The van der Waals surface area contributed by atoms with E-state index in [-0.39, 0.29) is 23.8 Å². The van der Waals surface area contributed by atoms with Crippen molar-refractivity contribution in [3.63, 3.8) is 0 Å². The largest absolute Gasteiger partial charge is 0.491 e. The van der Waals surface area contributed by atoms with Gasteiger partial charge in [0.2, 0.25) is 10.0 Å². The van der Waals surface area contributed by atoms with Gasteiger partial charge in [0.1, 0.15) is 0 Å². The van der Waals surface area contributed by atoms with Crippen molar-refractivity contribution in [1.29, 1.82) is 0 Å². The maximum atomic E-state index is 13.7. The molecule has 22 heavy (non-hydrogen) atoms. The molecule has 1 heterocycles. The molecule has 0 saturated heterocycles. The molecule has 8 heteroatoms. The average Bonchev–Trinajstić information content (AvgIpc) is 3.01. The fourth-order valence-corrected chi connectivity index (χ4v) is 3.53. The first-order valence-electron chi connectivity index (χ1n) is 6.56. The molecule has 2 aromatic rings. The van der Waals surface area contributed by atoms with Crippen molar-refractivity contribution in [3.05, 3.63) is 46.4 Å². The maximum absolute atomic E-state index is 13.7. The highest BCUT2D eigenvalue weighted by molar-refractivity contribution is 7.89. The zero-order valence-electron chi connectivity index (χ0n) is 11.8. The SMILES string of the molecule is CCOc1ccc(S(=O)(=O)NC[C@@H](O)c2ccsc2)cc1F. The number of hydrogen-bond acceptors (Lipinski definition) is 5. The van der Waals surface area contributed by atoms with Crippen LogP contribution in [0.25, 0.3) is 0 Å². The van der Waals surface area contributed by atoms with Gasteiger partial charge >= 0.3 is 0 Å². The van der Waals surface area contributed by atoms with Gasteiger partial charge in [0.15, 0.2) is 11.6 Å². The van der Waals surface area contributed by atoms with Crippen molar-refractivity contribution < 1.29 is 22.7 Å². The first-order valence-corrected chi connectivity index (χ1v) is 8.99. The fourth-order valence-electron chi connectivity index (χ4n) is 1.78. The molecule has 0 aliphatic rings. The molecule has 0 unspecified atom stereocenters. The van der Waals surface area contributed by atoms with Crippen LogP contribution in [0, 0.1) is 5.82 Å². The molecule has 0 spiro atoms. The van der Waals surface area contributed by atoms with Crippen LogP contribution >= 0.6 is 11.3 Å². The van der Waals surface area contributed by atoms with Gasteiger partial charge < -0.3 is 9.84 Å². The van der Waals surface area contributed by atoms with Gasteiger partial charge in [-0.2, -0.15) is 11.3 Å². The Labute approximate surface area is 132 Å². The topological polar surface area (TPSA) is 75.6 Å². The molecule has 0 radical (unpaired) electrons. The lowest BCUT2D eigenvalue weighted by molar-refractivity contribution is 0.182. The average molecular weight is 345 g/mol. The molecular formula is C14H16FNO4S2. The monoisotopic (exact) mass is 345 g/mol. The number of sulfonamides is 1. The summed E-state index contributed by atoms with van der Waals surface area (Å²) < 4.78 is 45.2. The van der Waals surface area contributed by atoms with Crippen LogP contribution in [-0.4, -0.2) is 26.7 Å². The van der Waals surface area contributed by atoms with Gasteiger partial charge in [0.25, 0.3) is 0 Å². The summed E-state index contributed by atoms with van der Waals surface area (Å²) in [5, 5.41) is 13.4. The first kappa shape index (κ1) is 16.9. The summed E-state index contributed by atoms with van der Waals surface area (Å²) in [5.41, 5.74) is 0.630. The predicted octanol–water partition coefficient (Wildman–Crippen LogP) is 2.30. The highest BCUT2D eigenvalue weighted by Gasteiger charge is 2.19. The molecule has 120 valence electrons. The Morgan fingerprint density at radius 2 is 2.18 bits per heavy atom. The van der Waals surface area contributed by atoms with E-state index < -0.39 is 21.9 Å². The number of thiophene rings is 1. The van der Waals surface area contributed by atoms with E-state index in [4.69, 9.17) is 4.74 Å². The van der Waals surface area contributed by atoms with Gasteiger partial charge in [-0.05, 0) is 47.5 Å². The number of hydrogen-bond donors (Lipinski definition) is 2. The summed E-state index contributed by atoms with van der Waals surface area (Å²) in [6.07, 6.45) is -0.950. The highest BCUT2D eigenvalue weighted by Crippen LogP contribution is 2.21. The lowest BCUT2D eigenvalue weighted by atomic mass is 10.2. The minimum absolute atomic E-state index is 0.000224. The second-order valence-corrected chi connectivity index (χ2v) is 7.00. The predicted molar refractivity (Wildman–Crippen MR) is 82.0 cm³/mol.